The molecule has 23 heavy (non-hydrogen) atoms. The molecule has 0 aliphatic heterocycles. The van der Waals surface area contributed by atoms with Crippen LogP contribution >= 0.6 is 11.8 Å². The molecule has 0 aliphatic carbocycles. The van der Waals surface area contributed by atoms with Gasteiger partial charge in [-0.1, -0.05) is 23.9 Å². The molecule has 0 atom stereocenters. The summed E-state index contributed by atoms with van der Waals surface area (Å²) in [5.74, 6) is 1.28. The van der Waals surface area contributed by atoms with E-state index in [2.05, 4.69) is 15.3 Å². The number of amides is 1. The number of carbonyl (C=O) groups is 1. The van der Waals surface area contributed by atoms with Gasteiger partial charge in [0.15, 0.2) is 16.7 Å². The second kappa shape index (κ2) is 8.84. The van der Waals surface area contributed by atoms with E-state index in [0.29, 0.717) is 29.8 Å². The summed E-state index contributed by atoms with van der Waals surface area (Å²) < 4.78 is 10.7. The molecule has 2 aromatic rings. The molecule has 1 heterocycles. The first-order valence-electron chi connectivity index (χ1n) is 6.89. The van der Waals surface area contributed by atoms with Gasteiger partial charge in [-0.3, -0.25) is 9.59 Å². The Morgan fingerprint density at radius 1 is 1.30 bits per heavy atom. The van der Waals surface area contributed by atoms with Crippen LogP contribution in [0.15, 0.2) is 46.5 Å². The average molecular weight is 335 g/mol. The molecule has 0 saturated carbocycles. The van der Waals surface area contributed by atoms with Crippen molar-refractivity contribution in [2.24, 2.45) is 0 Å². The molecule has 1 aromatic carbocycles. The minimum Gasteiger partial charge on any atom is -0.493 e. The fraction of sp³-hybridized carbons (Fsp3) is 0.267. The van der Waals surface area contributed by atoms with Crippen molar-refractivity contribution in [1.29, 1.82) is 0 Å². The van der Waals surface area contributed by atoms with Crippen LogP contribution in [0.2, 0.25) is 0 Å². The normalized spacial score (nSPS) is 10.1. The number of H-pyrrole nitrogens is 1. The van der Waals surface area contributed by atoms with E-state index in [0.717, 1.165) is 11.8 Å². The van der Waals surface area contributed by atoms with Gasteiger partial charge in [-0.2, -0.15) is 0 Å². The SMILES string of the molecule is COc1ccccc1OCCNC(=O)CSc1nccc(=O)[nH]1. The highest BCUT2D eigenvalue weighted by Crippen LogP contribution is 2.25. The lowest BCUT2D eigenvalue weighted by atomic mass is 10.3. The van der Waals surface area contributed by atoms with Crippen LogP contribution < -0.4 is 20.3 Å². The number of hydrogen-bond acceptors (Lipinski definition) is 6. The Bertz CT molecular complexity index is 705. The van der Waals surface area contributed by atoms with E-state index in [1.54, 1.807) is 19.2 Å². The zero-order valence-corrected chi connectivity index (χ0v) is 13.4. The van der Waals surface area contributed by atoms with Crippen LogP contribution in [0, 0.1) is 0 Å². The molecular weight excluding hydrogens is 318 g/mol. The molecule has 2 N–H and O–H groups in total. The number of rotatable bonds is 8. The van der Waals surface area contributed by atoms with Crippen LogP contribution in [0.3, 0.4) is 0 Å². The molecule has 0 unspecified atom stereocenters. The zero-order chi connectivity index (χ0) is 16.5. The van der Waals surface area contributed by atoms with Gasteiger partial charge in [0.05, 0.1) is 19.4 Å². The summed E-state index contributed by atoms with van der Waals surface area (Å²) >= 11 is 1.16. The first-order valence-corrected chi connectivity index (χ1v) is 7.88. The predicted molar refractivity (Wildman–Crippen MR) is 87.1 cm³/mol. The molecule has 0 aliphatic rings. The monoisotopic (exact) mass is 335 g/mol. The van der Waals surface area contributed by atoms with Crippen molar-refractivity contribution in [3.8, 4) is 11.5 Å². The quantitative estimate of drug-likeness (QED) is 0.426. The third kappa shape index (κ3) is 5.67. The van der Waals surface area contributed by atoms with Crippen molar-refractivity contribution in [1.82, 2.24) is 15.3 Å². The standard InChI is InChI=1S/C15H17N3O4S/c1-21-11-4-2-3-5-12(11)22-9-8-16-14(20)10-23-15-17-7-6-13(19)18-15/h2-7H,8-10H2,1H3,(H,16,20)(H,17,18,19). The summed E-state index contributed by atoms with van der Waals surface area (Å²) in [5, 5.41) is 3.14. The minimum absolute atomic E-state index is 0.162. The molecular formula is C15H17N3O4S. The lowest BCUT2D eigenvalue weighted by Crippen LogP contribution is -2.29. The number of nitrogens with one attached hydrogen (secondary N) is 2. The lowest BCUT2D eigenvalue weighted by Gasteiger charge is -2.10. The van der Waals surface area contributed by atoms with Gasteiger partial charge in [0.25, 0.3) is 5.56 Å². The van der Waals surface area contributed by atoms with E-state index < -0.39 is 0 Å². The van der Waals surface area contributed by atoms with Crippen molar-refractivity contribution >= 4 is 17.7 Å². The number of ether oxygens (including phenoxy) is 2. The van der Waals surface area contributed by atoms with E-state index in [-0.39, 0.29) is 17.2 Å². The maximum atomic E-state index is 11.7. The number of aromatic nitrogens is 2. The van der Waals surface area contributed by atoms with Gasteiger partial charge in [0.2, 0.25) is 5.91 Å². The number of para-hydroxylation sites is 2. The van der Waals surface area contributed by atoms with Crippen LogP contribution in [-0.4, -0.2) is 41.9 Å². The Kier molecular flexibility index (Phi) is 6.49. The van der Waals surface area contributed by atoms with Gasteiger partial charge in [-0.05, 0) is 12.1 Å². The highest BCUT2D eigenvalue weighted by Gasteiger charge is 2.05. The second-order valence-electron chi connectivity index (χ2n) is 4.38. The number of methoxy groups -OCH3 is 1. The third-order valence-corrected chi connectivity index (χ3v) is 3.63. The van der Waals surface area contributed by atoms with Crippen molar-refractivity contribution in [2.75, 3.05) is 26.0 Å². The van der Waals surface area contributed by atoms with Crippen molar-refractivity contribution in [3.63, 3.8) is 0 Å². The summed E-state index contributed by atoms with van der Waals surface area (Å²) in [6.45, 7) is 0.702. The van der Waals surface area contributed by atoms with Crippen molar-refractivity contribution < 1.29 is 14.3 Å². The van der Waals surface area contributed by atoms with Crippen LogP contribution in [0.25, 0.3) is 0 Å². The van der Waals surface area contributed by atoms with Crippen molar-refractivity contribution in [2.45, 2.75) is 5.16 Å². The maximum Gasteiger partial charge on any atom is 0.251 e. The smallest absolute Gasteiger partial charge is 0.251 e. The summed E-state index contributed by atoms with van der Waals surface area (Å²) in [7, 11) is 1.57. The maximum absolute atomic E-state index is 11.7. The number of benzene rings is 1. The largest absolute Gasteiger partial charge is 0.493 e. The lowest BCUT2D eigenvalue weighted by molar-refractivity contribution is -0.118. The molecule has 0 spiro atoms. The highest BCUT2D eigenvalue weighted by atomic mass is 32.2. The van der Waals surface area contributed by atoms with Gasteiger partial charge >= 0.3 is 0 Å². The summed E-state index contributed by atoms with van der Waals surface area (Å²) in [4.78, 5) is 29.3. The molecule has 1 aromatic heterocycles. The first-order chi connectivity index (χ1) is 11.2. The predicted octanol–water partition coefficient (Wildman–Crippen LogP) is 1.07. The highest BCUT2D eigenvalue weighted by molar-refractivity contribution is 7.99. The number of carbonyl (C=O) groups excluding carboxylic acids is 1. The Hall–Kier alpha value is -2.48. The van der Waals surface area contributed by atoms with E-state index in [1.165, 1.54) is 12.3 Å². The Labute approximate surface area is 137 Å². The van der Waals surface area contributed by atoms with E-state index in [9.17, 15) is 9.59 Å². The van der Waals surface area contributed by atoms with Gasteiger partial charge in [-0.25, -0.2) is 4.98 Å². The molecule has 7 nitrogen and oxygen atoms in total. The topological polar surface area (TPSA) is 93.3 Å². The molecule has 2 rings (SSSR count). The van der Waals surface area contributed by atoms with Crippen LogP contribution in [0.1, 0.15) is 0 Å². The van der Waals surface area contributed by atoms with Gasteiger partial charge < -0.3 is 19.8 Å². The molecule has 0 saturated heterocycles. The number of nitrogens with zero attached hydrogens (tertiary/aromatic N) is 1. The third-order valence-electron chi connectivity index (χ3n) is 2.74. The number of aromatic amines is 1. The average Bonchev–Trinajstić information content (AvgIpc) is 2.57. The van der Waals surface area contributed by atoms with Crippen molar-refractivity contribution in [3.05, 3.63) is 46.9 Å². The first kappa shape index (κ1) is 16.9. The number of thioether (sulfide) groups is 1. The van der Waals surface area contributed by atoms with Gasteiger partial charge in [0.1, 0.15) is 6.61 Å². The Morgan fingerprint density at radius 2 is 2.09 bits per heavy atom. The van der Waals surface area contributed by atoms with Gasteiger partial charge in [0, 0.05) is 12.3 Å². The molecule has 0 fully saturated rings. The van der Waals surface area contributed by atoms with Crippen LogP contribution in [0.5, 0.6) is 11.5 Å². The van der Waals surface area contributed by atoms with Gasteiger partial charge in [-0.15, -0.1) is 0 Å². The minimum atomic E-state index is -0.242. The molecule has 1 amide bonds. The Morgan fingerprint density at radius 3 is 2.83 bits per heavy atom. The fourth-order valence-corrected chi connectivity index (χ4v) is 2.38. The van der Waals surface area contributed by atoms with E-state index >= 15 is 0 Å². The van der Waals surface area contributed by atoms with E-state index in [4.69, 9.17) is 9.47 Å². The molecule has 0 bridgehead atoms. The molecule has 122 valence electrons. The van der Waals surface area contributed by atoms with Crippen LogP contribution in [-0.2, 0) is 4.79 Å². The molecule has 8 heteroatoms. The summed E-state index contributed by atoms with van der Waals surface area (Å²) in [6, 6.07) is 8.62. The fourth-order valence-electron chi connectivity index (χ4n) is 1.70. The van der Waals surface area contributed by atoms with Crippen LogP contribution in [0.4, 0.5) is 0 Å². The number of hydrogen-bond donors (Lipinski definition) is 2. The summed E-state index contributed by atoms with van der Waals surface area (Å²) in [6.07, 6.45) is 1.40. The second-order valence-corrected chi connectivity index (χ2v) is 5.34. The van der Waals surface area contributed by atoms with E-state index in [1.807, 2.05) is 12.1 Å². The summed E-state index contributed by atoms with van der Waals surface area (Å²) in [5.41, 5.74) is -0.242. The zero-order valence-electron chi connectivity index (χ0n) is 12.6. The molecule has 0 radical (unpaired) electrons. The Balaban J connectivity index is 1.68.